The highest BCUT2D eigenvalue weighted by Gasteiger charge is 2.44. The van der Waals surface area contributed by atoms with Gasteiger partial charge in [0.1, 0.15) is 36.6 Å². The first-order chi connectivity index (χ1) is 28.2. The monoisotopic (exact) mass is 826 g/mol. The molecule has 1 aliphatic heterocycles. The summed E-state index contributed by atoms with van der Waals surface area (Å²) in [5, 5.41) is 75.6. The first kappa shape index (κ1) is 54.3. The Balaban J connectivity index is 2.47. The molecule has 11 nitrogen and oxygen atoms in total. The van der Waals surface area contributed by atoms with Crippen molar-refractivity contribution in [2.45, 2.75) is 242 Å². The van der Waals surface area contributed by atoms with E-state index >= 15 is 0 Å². The highest BCUT2D eigenvalue weighted by molar-refractivity contribution is 5.80. The molecule has 0 aliphatic carbocycles. The summed E-state index contributed by atoms with van der Waals surface area (Å²) in [5.41, 5.74) is 0. The van der Waals surface area contributed by atoms with Crippen molar-refractivity contribution in [3.05, 3.63) is 36.5 Å². The van der Waals surface area contributed by atoms with Gasteiger partial charge in [0.05, 0.1) is 25.4 Å². The molecule has 1 amide bonds. The van der Waals surface area contributed by atoms with Gasteiger partial charge in [0.25, 0.3) is 0 Å². The highest BCUT2D eigenvalue weighted by atomic mass is 16.7. The number of hydrogen-bond acceptors (Lipinski definition) is 10. The molecule has 0 radical (unpaired) electrons. The van der Waals surface area contributed by atoms with Crippen LogP contribution in [0.3, 0.4) is 0 Å². The molecule has 0 aromatic rings. The lowest BCUT2D eigenvalue weighted by molar-refractivity contribution is -0.303. The van der Waals surface area contributed by atoms with Crippen LogP contribution in [0.4, 0.5) is 0 Å². The van der Waals surface area contributed by atoms with Crippen LogP contribution in [0, 0.1) is 0 Å². The second kappa shape index (κ2) is 37.1. The molecule has 0 aromatic heterocycles. The molecule has 8 N–H and O–H groups in total. The Morgan fingerprint density at radius 2 is 1.05 bits per heavy atom. The van der Waals surface area contributed by atoms with E-state index < -0.39 is 74.2 Å². The summed E-state index contributed by atoms with van der Waals surface area (Å²) in [6.07, 6.45) is 30.5. The molecular formula is C47H87NO10. The van der Waals surface area contributed by atoms with Crippen molar-refractivity contribution in [2.24, 2.45) is 0 Å². The summed E-state index contributed by atoms with van der Waals surface area (Å²) in [7, 11) is 0. The van der Waals surface area contributed by atoms with Gasteiger partial charge in [-0.25, -0.2) is 0 Å². The third kappa shape index (κ3) is 26.5. The lowest BCUT2D eigenvalue weighted by atomic mass is 9.98. The molecule has 0 saturated carbocycles. The van der Waals surface area contributed by atoms with Crippen LogP contribution >= 0.6 is 0 Å². The number of rotatable bonds is 38. The van der Waals surface area contributed by atoms with Crippen molar-refractivity contribution in [2.75, 3.05) is 13.2 Å². The Kier molecular flexibility index (Phi) is 34.8. The summed E-state index contributed by atoms with van der Waals surface area (Å²) in [4.78, 5) is 13.1. The summed E-state index contributed by atoms with van der Waals surface area (Å²) >= 11 is 0. The van der Waals surface area contributed by atoms with E-state index in [9.17, 15) is 40.5 Å². The highest BCUT2D eigenvalue weighted by Crippen LogP contribution is 2.23. The van der Waals surface area contributed by atoms with Crippen LogP contribution < -0.4 is 5.32 Å². The predicted molar refractivity (Wildman–Crippen MR) is 233 cm³/mol. The summed E-state index contributed by atoms with van der Waals surface area (Å²) in [5.74, 6) is -0.713. The standard InChI is InChI=1S/C47H87NO10/c1-3-5-7-9-11-13-15-17-19-20-21-23-25-27-29-31-33-35-40(51)46(56)48-38(37-57-47-45(55)44(54)43(53)41(36-49)58-47)42(52)39(50)34-32-30-28-26-24-22-18-16-14-12-10-8-6-4-2/h8,10,16,18,26,28,38-45,47,49-55H,3-7,9,11-15,17,19-25,27,29-37H2,1-2H3,(H,48,56)/b10-8+,18-16+,28-26+. The predicted octanol–water partition coefficient (Wildman–Crippen LogP) is 7.61. The van der Waals surface area contributed by atoms with Gasteiger partial charge in [0.15, 0.2) is 6.29 Å². The molecule has 1 rings (SSSR count). The number of aliphatic hydroxyl groups is 7. The minimum atomic E-state index is -1.67. The van der Waals surface area contributed by atoms with Gasteiger partial charge < -0.3 is 50.5 Å². The molecule has 1 fully saturated rings. The van der Waals surface area contributed by atoms with Crippen molar-refractivity contribution in [3.8, 4) is 0 Å². The first-order valence-corrected chi connectivity index (χ1v) is 23.4. The fraction of sp³-hybridized carbons (Fsp3) is 0.851. The van der Waals surface area contributed by atoms with E-state index in [1.54, 1.807) is 0 Å². The summed E-state index contributed by atoms with van der Waals surface area (Å²) in [6.45, 7) is 3.35. The molecule has 1 saturated heterocycles. The van der Waals surface area contributed by atoms with Crippen LogP contribution in [0.5, 0.6) is 0 Å². The number of amides is 1. The normalized spacial score (nSPS) is 22.3. The Labute approximate surface area is 352 Å². The van der Waals surface area contributed by atoms with Crippen LogP contribution in [-0.2, 0) is 14.3 Å². The van der Waals surface area contributed by atoms with Gasteiger partial charge in [0.2, 0.25) is 5.91 Å². The lowest BCUT2D eigenvalue weighted by Crippen LogP contribution is -2.60. The third-order valence-corrected chi connectivity index (χ3v) is 11.1. The van der Waals surface area contributed by atoms with E-state index in [0.29, 0.717) is 19.3 Å². The summed E-state index contributed by atoms with van der Waals surface area (Å²) in [6, 6.07) is -1.19. The molecule has 0 spiro atoms. The molecule has 58 heavy (non-hydrogen) atoms. The van der Waals surface area contributed by atoms with Gasteiger partial charge in [-0.05, 0) is 57.8 Å². The molecule has 9 unspecified atom stereocenters. The maximum atomic E-state index is 13.1. The van der Waals surface area contributed by atoms with Gasteiger partial charge in [0, 0.05) is 0 Å². The average Bonchev–Trinajstić information content (AvgIpc) is 3.22. The third-order valence-electron chi connectivity index (χ3n) is 11.1. The molecule has 11 heteroatoms. The molecule has 340 valence electrons. The van der Waals surface area contributed by atoms with E-state index in [1.807, 2.05) is 0 Å². The fourth-order valence-corrected chi connectivity index (χ4v) is 7.24. The minimum absolute atomic E-state index is 0.241. The zero-order valence-electron chi connectivity index (χ0n) is 36.5. The van der Waals surface area contributed by atoms with Crippen molar-refractivity contribution in [1.82, 2.24) is 5.32 Å². The van der Waals surface area contributed by atoms with Crippen LogP contribution in [0.2, 0.25) is 0 Å². The van der Waals surface area contributed by atoms with E-state index in [1.165, 1.54) is 89.9 Å². The Hall–Kier alpha value is -1.67. The van der Waals surface area contributed by atoms with Gasteiger partial charge in [-0.2, -0.15) is 0 Å². The van der Waals surface area contributed by atoms with E-state index in [-0.39, 0.29) is 12.8 Å². The average molecular weight is 826 g/mol. The van der Waals surface area contributed by atoms with Gasteiger partial charge in [-0.15, -0.1) is 0 Å². The molecule has 0 bridgehead atoms. The number of ether oxygens (including phenoxy) is 2. The molecule has 0 aromatic carbocycles. The smallest absolute Gasteiger partial charge is 0.249 e. The number of aliphatic hydroxyl groups excluding tert-OH is 7. The second-order valence-electron chi connectivity index (χ2n) is 16.5. The SMILES string of the molecule is CCC/C=C/CC/C=C/CC/C=C/CCCC(O)C(O)C(COC1OC(CO)C(O)C(O)C1O)NC(=O)C(O)CCCCCCCCCCCCCCCCCCC. The van der Waals surface area contributed by atoms with Crippen molar-refractivity contribution >= 4 is 5.91 Å². The maximum Gasteiger partial charge on any atom is 0.249 e. The largest absolute Gasteiger partial charge is 0.394 e. The fourth-order valence-electron chi connectivity index (χ4n) is 7.24. The number of nitrogens with one attached hydrogen (secondary N) is 1. The van der Waals surface area contributed by atoms with E-state index in [0.717, 1.165) is 51.4 Å². The molecular weight excluding hydrogens is 739 g/mol. The number of carbonyl (C=O) groups excluding carboxylic acids is 1. The van der Waals surface area contributed by atoms with Crippen molar-refractivity contribution in [3.63, 3.8) is 0 Å². The van der Waals surface area contributed by atoms with Crippen LogP contribution in [0.25, 0.3) is 0 Å². The van der Waals surface area contributed by atoms with Crippen LogP contribution in [0.15, 0.2) is 36.5 Å². The van der Waals surface area contributed by atoms with Gasteiger partial charge in [-0.3, -0.25) is 4.79 Å². The number of allylic oxidation sites excluding steroid dienone is 6. The Morgan fingerprint density at radius 3 is 1.53 bits per heavy atom. The Morgan fingerprint density at radius 1 is 0.586 bits per heavy atom. The van der Waals surface area contributed by atoms with Crippen molar-refractivity contribution < 1.29 is 50.0 Å². The van der Waals surface area contributed by atoms with E-state index in [4.69, 9.17) is 9.47 Å². The minimum Gasteiger partial charge on any atom is -0.394 e. The van der Waals surface area contributed by atoms with Crippen LogP contribution in [0.1, 0.15) is 187 Å². The molecule has 1 aliphatic rings. The van der Waals surface area contributed by atoms with Gasteiger partial charge >= 0.3 is 0 Å². The topological polar surface area (TPSA) is 189 Å². The Bertz CT molecular complexity index is 1040. The number of hydrogen-bond donors (Lipinski definition) is 8. The van der Waals surface area contributed by atoms with Gasteiger partial charge in [-0.1, -0.05) is 166 Å². The lowest BCUT2D eigenvalue weighted by Gasteiger charge is -2.40. The van der Waals surface area contributed by atoms with Crippen molar-refractivity contribution in [1.29, 1.82) is 0 Å². The zero-order chi connectivity index (χ0) is 42.6. The van der Waals surface area contributed by atoms with E-state index in [2.05, 4.69) is 55.6 Å². The molecule has 9 atom stereocenters. The first-order valence-electron chi connectivity index (χ1n) is 23.4. The maximum absolute atomic E-state index is 13.1. The second-order valence-corrected chi connectivity index (χ2v) is 16.5. The number of unbranched alkanes of at least 4 members (excludes halogenated alkanes) is 20. The number of carbonyl (C=O) groups is 1. The molecule has 1 heterocycles. The zero-order valence-corrected chi connectivity index (χ0v) is 36.5. The quantitative estimate of drug-likeness (QED) is 0.0227. The van der Waals surface area contributed by atoms with Crippen LogP contribution in [-0.4, -0.2) is 110 Å². The summed E-state index contributed by atoms with van der Waals surface area (Å²) < 4.78 is 11.1.